The maximum absolute atomic E-state index is 13.0. The first-order valence-corrected chi connectivity index (χ1v) is 18.4. The fourth-order valence-corrected chi connectivity index (χ4v) is 8.67. The highest BCUT2D eigenvalue weighted by Crippen LogP contribution is 2.47. The van der Waals surface area contributed by atoms with Crippen molar-refractivity contribution in [2.24, 2.45) is 7.05 Å². The molecule has 53 heavy (non-hydrogen) atoms. The van der Waals surface area contributed by atoms with Gasteiger partial charge in [-0.2, -0.15) is 5.10 Å². The lowest BCUT2D eigenvalue weighted by molar-refractivity contribution is 0.114. The van der Waals surface area contributed by atoms with Gasteiger partial charge in [0.2, 0.25) is 5.88 Å². The topological polar surface area (TPSA) is 127 Å². The summed E-state index contributed by atoms with van der Waals surface area (Å²) in [7, 11) is 4.97. The number of nitrogens with one attached hydrogen (secondary N) is 2. The number of benzene rings is 2. The molecule has 5 aromatic rings. The highest BCUT2D eigenvalue weighted by molar-refractivity contribution is 6.36. The van der Waals surface area contributed by atoms with E-state index in [9.17, 15) is 9.59 Å². The average Bonchev–Trinajstić information content (AvgIpc) is 3.78. The molecule has 2 N–H and O–H groups in total. The molecule has 0 bridgehead atoms. The Labute approximate surface area is 313 Å². The molecule has 2 fully saturated rings. The molecule has 1 spiro atoms. The molecule has 5 heterocycles. The van der Waals surface area contributed by atoms with E-state index in [2.05, 4.69) is 31.7 Å². The van der Waals surface area contributed by atoms with Crippen molar-refractivity contribution in [3.8, 4) is 28.3 Å². The summed E-state index contributed by atoms with van der Waals surface area (Å²) in [5, 5.41) is 12.7. The van der Waals surface area contributed by atoms with E-state index in [4.69, 9.17) is 26.1 Å². The first kappa shape index (κ1) is 35.0. The second kappa shape index (κ2) is 14.1. The zero-order valence-corrected chi connectivity index (χ0v) is 31.2. The van der Waals surface area contributed by atoms with E-state index in [1.54, 1.807) is 39.7 Å². The van der Waals surface area contributed by atoms with Gasteiger partial charge in [-0.15, -0.1) is 0 Å². The van der Waals surface area contributed by atoms with E-state index in [1.807, 2.05) is 48.2 Å². The average molecular weight is 735 g/mol. The first-order valence-electron chi connectivity index (χ1n) is 18.0. The lowest BCUT2D eigenvalue weighted by Gasteiger charge is -2.40. The zero-order valence-electron chi connectivity index (χ0n) is 30.4. The number of pyridine rings is 2. The molecular formula is C40H43ClN8O4. The number of fused-ring (bicyclic) bond motifs is 2. The van der Waals surface area contributed by atoms with Crippen LogP contribution in [0.3, 0.4) is 0 Å². The molecule has 2 atom stereocenters. The van der Waals surface area contributed by atoms with E-state index < -0.39 is 0 Å². The molecule has 0 saturated carbocycles. The lowest BCUT2D eigenvalue weighted by Crippen LogP contribution is -2.61. The summed E-state index contributed by atoms with van der Waals surface area (Å²) in [6.07, 6.45) is 7.03. The molecule has 8 rings (SSSR count). The van der Waals surface area contributed by atoms with Crippen LogP contribution >= 0.6 is 11.6 Å². The molecule has 274 valence electrons. The van der Waals surface area contributed by atoms with E-state index in [1.165, 1.54) is 10.2 Å². The van der Waals surface area contributed by atoms with Crippen LogP contribution in [0.4, 0.5) is 16.3 Å². The van der Waals surface area contributed by atoms with Crippen LogP contribution in [0.1, 0.15) is 42.0 Å². The number of amides is 2. The van der Waals surface area contributed by atoms with Gasteiger partial charge >= 0.3 is 6.03 Å². The van der Waals surface area contributed by atoms with Crippen LogP contribution in [-0.4, -0.2) is 88.1 Å². The SMILES string of the molecule is COCCN1CC[C@]2(CCN([C@H]3CCc4cc(-c5cccc(-c6cccc(Nc7nccc8cnn(C)c(=O)c78)c6C)c5Cl)nc(OC)c43)C2)NC1=O. The quantitative estimate of drug-likeness (QED) is 0.180. The van der Waals surface area contributed by atoms with E-state index >= 15 is 0 Å². The summed E-state index contributed by atoms with van der Waals surface area (Å²) in [5.41, 5.74) is 7.07. The first-order chi connectivity index (χ1) is 25.7. The Morgan fingerprint density at radius 1 is 1.06 bits per heavy atom. The standard InChI is InChI=1S/C40H43ClN8O4/c1-24-27(7-6-10-30(24)44-36-34-26(13-16-42-36)22-43-47(2)38(34)50)28-8-5-9-29(35(28)41)31-21-25-11-12-32(33(25)37(45-31)53-4)49-18-15-40(23-49)14-17-48(19-20-52-3)39(51)46-40/h5-10,13,16,21-22,32H,11-12,14-15,17-20,23H2,1-4H3,(H,42,44)(H,46,51)/t32-,40+/m0/s1. The number of hydrogen-bond acceptors (Lipinski definition) is 9. The molecule has 3 aliphatic rings. The summed E-state index contributed by atoms with van der Waals surface area (Å²) in [6.45, 7) is 5.61. The van der Waals surface area contributed by atoms with Gasteiger partial charge in [-0.25, -0.2) is 19.4 Å². The Morgan fingerprint density at radius 3 is 2.66 bits per heavy atom. The normalized spacial score (nSPS) is 19.9. The van der Waals surface area contributed by atoms with Crippen molar-refractivity contribution in [1.82, 2.24) is 34.9 Å². The minimum atomic E-state index is -0.223. The van der Waals surface area contributed by atoms with Gasteiger partial charge < -0.3 is 25.0 Å². The zero-order chi connectivity index (χ0) is 36.9. The molecule has 12 nitrogen and oxygen atoms in total. The van der Waals surface area contributed by atoms with Crippen LogP contribution in [0.25, 0.3) is 33.2 Å². The van der Waals surface area contributed by atoms with Gasteiger partial charge in [-0.3, -0.25) is 9.69 Å². The van der Waals surface area contributed by atoms with Gasteiger partial charge in [-0.05, 0) is 67.5 Å². The third kappa shape index (κ3) is 6.28. The minimum absolute atomic E-state index is 0.00478. The number of carbonyl (C=O) groups is 1. The smallest absolute Gasteiger partial charge is 0.317 e. The number of hydrogen-bond donors (Lipinski definition) is 2. The number of urea groups is 1. The largest absolute Gasteiger partial charge is 0.481 e. The van der Waals surface area contributed by atoms with Crippen LogP contribution < -0.4 is 20.9 Å². The number of ether oxygens (including phenoxy) is 2. The van der Waals surface area contributed by atoms with Crippen molar-refractivity contribution in [2.45, 2.75) is 44.2 Å². The summed E-state index contributed by atoms with van der Waals surface area (Å²) in [5.74, 6) is 1.09. The van der Waals surface area contributed by atoms with Gasteiger partial charge in [0.25, 0.3) is 5.56 Å². The number of likely N-dealkylation sites (tertiary alicyclic amines) is 1. The molecule has 2 amide bonds. The van der Waals surface area contributed by atoms with Crippen molar-refractivity contribution in [3.63, 3.8) is 0 Å². The van der Waals surface area contributed by atoms with Gasteiger partial charge in [0.1, 0.15) is 5.82 Å². The van der Waals surface area contributed by atoms with E-state index in [0.717, 1.165) is 84.5 Å². The summed E-state index contributed by atoms with van der Waals surface area (Å²) < 4.78 is 12.5. The maximum Gasteiger partial charge on any atom is 0.317 e. The number of carbonyl (C=O) groups excluding carboxylic acids is 1. The van der Waals surface area contributed by atoms with Gasteiger partial charge in [-0.1, -0.05) is 41.9 Å². The molecule has 1 aliphatic carbocycles. The van der Waals surface area contributed by atoms with Gasteiger partial charge in [0.15, 0.2) is 0 Å². The summed E-state index contributed by atoms with van der Waals surface area (Å²) in [6, 6.07) is 16.1. The lowest BCUT2D eigenvalue weighted by atomic mass is 9.92. The Balaban J connectivity index is 1.07. The Hall–Kier alpha value is -5.04. The third-order valence-corrected chi connectivity index (χ3v) is 11.7. The second-order valence-corrected chi connectivity index (χ2v) is 14.7. The highest BCUT2D eigenvalue weighted by Gasteiger charge is 2.46. The van der Waals surface area contributed by atoms with Crippen molar-refractivity contribution >= 4 is 39.9 Å². The van der Waals surface area contributed by atoms with Gasteiger partial charge in [0.05, 0.1) is 41.6 Å². The third-order valence-electron chi connectivity index (χ3n) is 11.2. The van der Waals surface area contributed by atoms with Crippen molar-refractivity contribution in [2.75, 3.05) is 52.3 Å². The summed E-state index contributed by atoms with van der Waals surface area (Å²) >= 11 is 7.27. The second-order valence-electron chi connectivity index (χ2n) is 14.3. The monoisotopic (exact) mass is 734 g/mol. The molecule has 3 aromatic heterocycles. The number of methoxy groups -OCH3 is 2. The van der Waals surface area contributed by atoms with Crippen molar-refractivity contribution in [3.05, 3.63) is 93.0 Å². The number of rotatable bonds is 9. The molecule has 13 heteroatoms. The predicted octanol–water partition coefficient (Wildman–Crippen LogP) is 6.27. The molecule has 2 aromatic carbocycles. The number of halogens is 1. The summed E-state index contributed by atoms with van der Waals surface area (Å²) in [4.78, 5) is 39.9. The van der Waals surface area contributed by atoms with Crippen molar-refractivity contribution in [1.29, 1.82) is 0 Å². The Morgan fingerprint density at radius 2 is 1.85 bits per heavy atom. The fourth-order valence-electron chi connectivity index (χ4n) is 8.35. The molecule has 0 radical (unpaired) electrons. The molecule has 2 aliphatic heterocycles. The predicted molar refractivity (Wildman–Crippen MR) is 206 cm³/mol. The van der Waals surface area contributed by atoms with Gasteiger partial charge in [0, 0.05) is 80.3 Å². The number of anilines is 2. The number of nitrogens with zero attached hydrogens (tertiary/aromatic N) is 6. The molecule has 0 unspecified atom stereocenters. The van der Waals surface area contributed by atoms with Crippen molar-refractivity contribution < 1.29 is 14.3 Å². The van der Waals surface area contributed by atoms with Crippen LogP contribution in [0.2, 0.25) is 5.02 Å². The molecule has 2 saturated heterocycles. The Bertz CT molecular complexity index is 2300. The molecular weight excluding hydrogens is 692 g/mol. The minimum Gasteiger partial charge on any atom is -0.481 e. The number of aryl methyl sites for hydroxylation is 2. The highest BCUT2D eigenvalue weighted by atomic mass is 35.5. The number of aromatic nitrogens is 4. The fraction of sp³-hybridized carbons (Fsp3) is 0.375. The van der Waals surface area contributed by atoms with Crippen LogP contribution in [0.15, 0.2) is 65.7 Å². The van der Waals surface area contributed by atoms with Crippen LogP contribution in [0, 0.1) is 6.92 Å². The van der Waals surface area contributed by atoms with E-state index in [-0.39, 0.29) is 23.2 Å². The Kier molecular flexibility index (Phi) is 9.30. The van der Waals surface area contributed by atoms with Crippen LogP contribution in [-0.2, 0) is 18.2 Å². The van der Waals surface area contributed by atoms with E-state index in [0.29, 0.717) is 40.6 Å². The maximum atomic E-state index is 13.0. The van der Waals surface area contributed by atoms with Crippen LogP contribution in [0.5, 0.6) is 5.88 Å².